The molecule has 1 aromatic rings. The molecule has 2 aliphatic heterocycles. The second kappa shape index (κ2) is 7.26. The van der Waals surface area contributed by atoms with E-state index in [1.54, 1.807) is 0 Å². The number of carbonyl (C=O) groups is 1. The Labute approximate surface area is 146 Å². The SMILES string of the molecule is CCN1CCC[C@@H]1[C@H]1CCCN1C(=O)C[C@@H](C)n1nc(C)cc1C. The van der Waals surface area contributed by atoms with Gasteiger partial charge in [-0.1, -0.05) is 6.92 Å². The smallest absolute Gasteiger partial charge is 0.225 e. The predicted molar refractivity (Wildman–Crippen MR) is 96.0 cm³/mol. The van der Waals surface area contributed by atoms with E-state index in [9.17, 15) is 4.79 Å². The van der Waals surface area contributed by atoms with Crippen LogP contribution in [-0.4, -0.2) is 57.2 Å². The minimum absolute atomic E-state index is 0.123. The molecule has 2 fully saturated rings. The van der Waals surface area contributed by atoms with Crippen LogP contribution >= 0.6 is 0 Å². The molecule has 0 aliphatic carbocycles. The van der Waals surface area contributed by atoms with Crippen molar-refractivity contribution in [2.75, 3.05) is 19.6 Å². The van der Waals surface area contributed by atoms with E-state index in [1.165, 1.54) is 25.8 Å². The van der Waals surface area contributed by atoms with Crippen molar-refractivity contribution in [3.05, 3.63) is 17.5 Å². The highest BCUT2D eigenvalue weighted by atomic mass is 16.2. The summed E-state index contributed by atoms with van der Waals surface area (Å²) in [5, 5.41) is 4.55. The molecule has 1 aromatic heterocycles. The van der Waals surface area contributed by atoms with Crippen LogP contribution in [0.15, 0.2) is 6.07 Å². The molecule has 3 atom stereocenters. The number of hydrogen-bond acceptors (Lipinski definition) is 3. The second-order valence-corrected chi connectivity index (χ2v) is 7.56. The van der Waals surface area contributed by atoms with Crippen LogP contribution in [0.2, 0.25) is 0 Å². The van der Waals surface area contributed by atoms with Crippen LogP contribution in [0.3, 0.4) is 0 Å². The molecule has 1 amide bonds. The molecule has 2 saturated heterocycles. The lowest BCUT2D eigenvalue weighted by atomic mass is 10.0. The average molecular weight is 332 g/mol. The molecule has 0 radical (unpaired) electrons. The number of amides is 1. The molecule has 5 heteroatoms. The van der Waals surface area contributed by atoms with Crippen LogP contribution in [0.1, 0.15) is 63.4 Å². The average Bonchev–Trinajstić information content (AvgIpc) is 3.24. The summed E-state index contributed by atoms with van der Waals surface area (Å²) in [6.07, 6.45) is 5.39. The van der Waals surface area contributed by atoms with E-state index < -0.39 is 0 Å². The van der Waals surface area contributed by atoms with Crippen LogP contribution in [0.5, 0.6) is 0 Å². The fourth-order valence-electron chi connectivity index (χ4n) is 4.73. The van der Waals surface area contributed by atoms with Crippen molar-refractivity contribution >= 4 is 5.91 Å². The van der Waals surface area contributed by atoms with Gasteiger partial charge < -0.3 is 4.90 Å². The first-order valence-corrected chi connectivity index (χ1v) is 9.57. The summed E-state index contributed by atoms with van der Waals surface area (Å²) in [4.78, 5) is 17.7. The zero-order valence-corrected chi connectivity index (χ0v) is 15.7. The largest absolute Gasteiger partial charge is 0.338 e. The zero-order valence-electron chi connectivity index (χ0n) is 15.7. The van der Waals surface area contributed by atoms with Crippen molar-refractivity contribution in [1.29, 1.82) is 0 Å². The predicted octanol–water partition coefficient (Wildman–Crippen LogP) is 2.93. The van der Waals surface area contributed by atoms with Crippen LogP contribution < -0.4 is 0 Å². The lowest BCUT2D eigenvalue weighted by molar-refractivity contribution is -0.133. The summed E-state index contributed by atoms with van der Waals surface area (Å²) >= 11 is 0. The number of aromatic nitrogens is 2. The summed E-state index contributed by atoms with van der Waals surface area (Å²) in [7, 11) is 0. The minimum Gasteiger partial charge on any atom is -0.338 e. The van der Waals surface area contributed by atoms with Crippen LogP contribution in [-0.2, 0) is 4.79 Å². The Hall–Kier alpha value is -1.36. The Bertz CT molecular complexity index is 582. The molecule has 0 unspecified atom stereocenters. The minimum atomic E-state index is 0.123. The number of carbonyl (C=O) groups excluding carboxylic acids is 1. The van der Waals surface area contributed by atoms with Gasteiger partial charge in [-0.25, -0.2) is 0 Å². The van der Waals surface area contributed by atoms with E-state index in [2.05, 4.69) is 41.7 Å². The molecule has 0 saturated carbocycles. The molecule has 24 heavy (non-hydrogen) atoms. The van der Waals surface area contributed by atoms with Crippen molar-refractivity contribution in [3.8, 4) is 0 Å². The zero-order chi connectivity index (χ0) is 17.3. The normalized spacial score (nSPS) is 26.2. The van der Waals surface area contributed by atoms with Crippen LogP contribution in [0, 0.1) is 13.8 Å². The Balaban J connectivity index is 1.66. The van der Waals surface area contributed by atoms with E-state index in [0.29, 0.717) is 24.4 Å². The standard InChI is InChI=1S/C19H32N4O/c1-5-21-10-6-8-17(21)18-9-7-11-22(18)19(24)13-16(4)23-15(3)12-14(2)20-23/h12,16-18H,5-11,13H2,1-4H3/t16-,17-,18-/m1/s1. The maximum atomic E-state index is 13.0. The quantitative estimate of drug-likeness (QED) is 0.832. The lowest BCUT2D eigenvalue weighted by Crippen LogP contribution is -2.48. The van der Waals surface area contributed by atoms with Crippen molar-refractivity contribution in [3.63, 3.8) is 0 Å². The molecule has 0 N–H and O–H groups in total. The van der Waals surface area contributed by atoms with E-state index in [0.717, 1.165) is 30.9 Å². The summed E-state index contributed by atoms with van der Waals surface area (Å²) in [6, 6.07) is 3.20. The Morgan fingerprint density at radius 1 is 1.25 bits per heavy atom. The molecular formula is C19H32N4O. The molecule has 2 aliphatic rings. The van der Waals surface area contributed by atoms with Gasteiger partial charge in [-0.15, -0.1) is 0 Å². The number of nitrogens with zero attached hydrogens (tertiary/aromatic N) is 4. The number of rotatable bonds is 5. The fourth-order valence-corrected chi connectivity index (χ4v) is 4.73. The Morgan fingerprint density at radius 2 is 1.96 bits per heavy atom. The van der Waals surface area contributed by atoms with Crippen molar-refractivity contribution in [2.24, 2.45) is 0 Å². The summed E-state index contributed by atoms with van der Waals surface area (Å²) < 4.78 is 2.01. The topological polar surface area (TPSA) is 41.4 Å². The molecule has 3 rings (SSSR count). The van der Waals surface area contributed by atoms with Gasteiger partial charge >= 0.3 is 0 Å². The Morgan fingerprint density at radius 3 is 2.62 bits per heavy atom. The maximum Gasteiger partial charge on any atom is 0.225 e. The molecule has 134 valence electrons. The van der Waals surface area contributed by atoms with E-state index in [-0.39, 0.29) is 6.04 Å². The van der Waals surface area contributed by atoms with E-state index >= 15 is 0 Å². The first-order valence-electron chi connectivity index (χ1n) is 9.57. The summed E-state index contributed by atoms with van der Waals surface area (Å²) in [5.74, 6) is 0.306. The van der Waals surface area contributed by atoms with Crippen LogP contribution in [0.4, 0.5) is 0 Å². The Kier molecular flexibility index (Phi) is 5.28. The monoisotopic (exact) mass is 332 g/mol. The van der Waals surface area contributed by atoms with Crippen molar-refractivity contribution in [1.82, 2.24) is 19.6 Å². The van der Waals surface area contributed by atoms with Gasteiger partial charge in [0.15, 0.2) is 0 Å². The highest BCUT2D eigenvalue weighted by Crippen LogP contribution is 2.31. The van der Waals surface area contributed by atoms with Crippen molar-refractivity contribution in [2.45, 2.75) is 77.9 Å². The second-order valence-electron chi connectivity index (χ2n) is 7.56. The number of aryl methyl sites for hydroxylation is 2. The van der Waals surface area contributed by atoms with E-state index in [1.807, 2.05) is 11.6 Å². The number of likely N-dealkylation sites (tertiary alicyclic amines) is 2. The third-order valence-corrected chi connectivity index (χ3v) is 5.82. The summed E-state index contributed by atoms with van der Waals surface area (Å²) in [6.45, 7) is 11.7. The molecule has 5 nitrogen and oxygen atoms in total. The number of hydrogen-bond donors (Lipinski definition) is 0. The van der Waals surface area contributed by atoms with Gasteiger partial charge in [-0.05, 0) is 65.6 Å². The van der Waals surface area contributed by atoms with Crippen LogP contribution in [0.25, 0.3) is 0 Å². The first-order chi connectivity index (χ1) is 11.5. The highest BCUT2D eigenvalue weighted by molar-refractivity contribution is 5.77. The summed E-state index contributed by atoms with van der Waals surface area (Å²) in [5.41, 5.74) is 2.16. The molecule has 3 heterocycles. The lowest BCUT2D eigenvalue weighted by Gasteiger charge is -2.35. The van der Waals surface area contributed by atoms with Crippen molar-refractivity contribution < 1.29 is 4.79 Å². The van der Waals surface area contributed by atoms with Gasteiger partial charge in [-0.2, -0.15) is 5.10 Å². The molecule has 0 spiro atoms. The van der Waals surface area contributed by atoms with Gasteiger partial charge in [0.1, 0.15) is 0 Å². The molecule has 0 aromatic carbocycles. The van der Waals surface area contributed by atoms with Gasteiger partial charge in [-0.3, -0.25) is 14.4 Å². The third kappa shape index (κ3) is 3.37. The third-order valence-electron chi connectivity index (χ3n) is 5.82. The van der Waals surface area contributed by atoms with Gasteiger partial charge in [0, 0.05) is 30.7 Å². The van der Waals surface area contributed by atoms with Gasteiger partial charge in [0.25, 0.3) is 0 Å². The van der Waals surface area contributed by atoms with Gasteiger partial charge in [0.05, 0.1) is 11.7 Å². The maximum absolute atomic E-state index is 13.0. The highest BCUT2D eigenvalue weighted by Gasteiger charge is 2.39. The molecular weight excluding hydrogens is 300 g/mol. The molecule has 0 bridgehead atoms. The fraction of sp³-hybridized carbons (Fsp3) is 0.789. The van der Waals surface area contributed by atoms with E-state index in [4.69, 9.17) is 0 Å². The van der Waals surface area contributed by atoms with Gasteiger partial charge in [0.2, 0.25) is 5.91 Å². The first kappa shape index (κ1) is 17.5. The number of likely N-dealkylation sites (N-methyl/N-ethyl adjacent to an activating group) is 1.